The van der Waals surface area contributed by atoms with Crippen molar-refractivity contribution in [3.05, 3.63) is 111 Å². The maximum atomic E-state index is 13.0. The number of carbonyl (C=O) groups is 2. The first-order valence-corrected chi connectivity index (χ1v) is 8.56. The second kappa shape index (κ2) is 8.71. The summed E-state index contributed by atoms with van der Waals surface area (Å²) >= 11 is 0. The lowest BCUT2D eigenvalue weighted by atomic mass is 10.0. The lowest BCUT2D eigenvalue weighted by Gasteiger charge is -2.06. The first kappa shape index (κ1) is 19.6. The van der Waals surface area contributed by atoms with Gasteiger partial charge in [-0.1, -0.05) is 12.1 Å². The summed E-state index contributed by atoms with van der Waals surface area (Å²) in [6, 6.07) is 17.4. The minimum Gasteiger partial charge on any atom is -0.322 e. The van der Waals surface area contributed by atoms with E-state index in [4.69, 9.17) is 0 Å². The van der Waals surface area contributed by atoms with Gasteiger partial charge in [0.1, 0.15) is 5.82 Å². The number of carbonyl (C=O) groups excluding carboxylic acids is 2. The third-order valence-electron chi connectivity index (χ3n) is 4.03. The molecule has 144 valence electrons. The second-order valence-electron chi connectivity index (χ2n) is 6.09. The van der Waals surface area contributed by atoms with Gasteiger partial charge in [-0.25, -0.2) is 4.39 Å². The Hall–Kier alpha value is -4.13. The fourth-order valence-electron chi connectivity index (χ4n) is 2.57. The average molecular weight is 390 g/mol. The molecule has 1 N–H and O–H groups in total. The number of nitro groups is 1. The summed E-state index contributed by atoms with van der Waals surface area (Å²) in [5.74, 6) is -1.14. The Kier molecular flexibility index (Phi) is 5.89. The molecule has 29 heavy (non-hydrogen) atoms. The van der Waals surface area contributed by atoms with Crippen molar-refractivity contribution in [2.24, 2.45) is 0 Å². The molecule has 0 aliphatic carbocycles. The molecule has 0 heterocycles. The number of non-ortho nitro benzene ring substituents is 1. The van der Waals surface area contributed by atoms with Crippen LogP contribution < -0.4 is 5.32 Å². The van der Waals surface area contributed by atoms with Crippen LogP contribution in [0.25, 0.3) is 6.08 Å². The predicted octanol–water partition coefficient (Wildman–Crippen LogP) is 4.62. The SMILES string of the molecule is O=C(C=Cc1ccc([N+](=O)[O-])cc1)Nc1cccc(C(=O)c2ccc(F)cc2)c1. The Morgan fingerprint density at radius 1 is 0.931 bits per heavy atom. The molecule has 0 bridgehead atoms. The van der Waals surface area contributed by atoms with Gasteiger partial charge in [-0.2, -0.15) is 0 Å². The Morgan fingerprint density at radius 3 is 2.28 bits per heavy atom. The van der Waals surface area contributed by atoms with E-state index >= 15 is 0 Å². The lowest BCUT2D eigenvalue weighted by Crippen LogP contribution is -2.09. The van der Waals surface area contributed by atoms with Crippen molar-refractivity contribution in [2.75, 3.05) is 5.32 Å². The summed E-state index contributed by atoms with van der Waals surface area (Å²) in [6.45, 7) is 0. The summed E-state index contributed by atoms with van der Waals surface area (Å²) in [7, 11) is 0. The van der Waals surface area contributed by atoms with E-state index < -0.39 is 16.6 Å². The highest BCUT2D eigenvalue weighted by atomic mass is 19.1. The standard InChI is InChI=1S/C22H15FN2O4/c23-18-9-7-16(8-10-18)22(27)17-2-1-3-19(14-17)24-21(26)13-6-15-4-11-20(12-5-15)25(28)29/h1-14H,(H,24,26). The van der Waals surface area contributed by atoms with Gasteiger partial charge in [0.15, 0.2) is 5.78 Å². The van der Waals surface area contributed by atoms with Crippen LogP contribution in [0.15, 0.2) is 78.9 Å². The number of rotatable bonds is 6. The van der Waals surface area contributed by atoms with Crippen molar-refractivity contribution in [1.29, 1.82) is 0 Å². The minimum absolute atomic E-state index is 0.0331. The molecule has 0 aromatic heterocycles. The van der Waals surface area contributed by atoms with E-state index in [1.165, 1.54) is 66.7 Å². The van der Waals surface area contributed by atoms with Gasteiger partial charge in [-0.15, -0.1) is 0 Å². The summed E-state index contributed by atoms with van der Waals surface area (Å²) in [4.78, 5) is 34.7. The third kappa shape index (κ3) is 5.20. The molecular formula is C22H15FN2O4. The number of hydrogen-bond donors (Lipinski definition) is 1. The number of amides is 1. The molecule has 7 heteroatoms. The zero-order valence-corrected chi connectivity index (χ0v) is 15.0. The molecule has 0 radical (unpaired) electrons. The van der Waals surface area contributed by atoms with Gasteiger partial charge < -0.3 is 5.32 Å². The first-order valence-electron chi connectivity index (χ1n) is 8.56. The second-order valence-corrected chi connectivity index (χ2v) is 6.09. The molecule has 1 amide bonds. The lowest BCUT2D eigenvalue weighted by molar-refractivity contribution is -0.384. The van der Waals surface area contributed by atoms with Crippen LogP contribution in [0.2, 0.25) is 0 Å². The van der Waals surface area contributed by atoms with E-state index in [0.29, 0.717) is 22.4 Å². The Morgan fingerprint density at radius 2 is 1.62 bits per heavy atom. The van der Waals surface area contributed by atoms with Gasteiger partial charge in [0.25, 0.3) is 5.69 Å². The van der Waals surface area contributed by atoms with Crippen LogP contribution >= 0.6 is 0 Å². The van der Waals surface area contributed by atoms with E-state index in [2.05, 4.69) is 5.32 Å². The molecule has 0 spiro atoms. The molecular weight excluding hydrogens is 375 g/mol. The summed E-state index contributed by atoms with van der Waals surface area (Å²) < 4.78 is 13.0. The predicted molar refractivity (Wildman–Crippen MR) is 107 cm³/mol. The average Bonchev–Trinajstić information content (AvgIpc) is 2.73. The summed E-state index contributed by atoms with van der Waals surface area (Å²) in [5, 5.41) is 13.3. The maximum Gasteiger partial charge on any atom is 0.269 e. The van der Waals surface area contributed by atoms with Crippen LogP contribution in [0.3, 0.4) is 0 Å². The molecule has 0 fully saturated rings. The highest BCUT2D eigenvalue weighted by Crippen LogP contribution is 2.16. The van der Waals surface area contributed by atoms with Gasteiger partial charge in [0, 0.05) is 35.0 Å². The smallest absolute Gasteiger partial charge is 0.269 e. The number of nitrogens with zero attached hydrogens (tertiary/aromatic N) is 1. The number of nitro benzene ring substituents is 1. The van der Waals surface area contributed by atoms with Gasteiger partial charge >= 0.3 is 0 Å². The highest BCUT2D eigenvalue weighted by molar-refractivity contribution is 6.10. The van der Waals surface area contributed by atoms with Gasteiger partial charge in [0.05, 0.1) is 4.92 Å². The van der Waals surface area contributed by atoms with Crippen molar-refractivity contribution in [1.82, 2.24) is 0 Å². The van der Waals surface area contributed by atoms with Crippen LogP contribution in [0, 0.1) is 15.9 Å². The van der Waals surface area contributed by atoms with Gasteiger partial charge in [-0.05, 0) is 60.2 Å². The zero-order valence-electron chi connectivity index (χ0n) is 15.0. The van der Waals surface area contributed by atoms with Crippen LogP contribution in [0.4, 0.5) is 15.8 Å². The Bertz CT molecular complexity index is 1090. The topological polar surface area (TPSA) is 89.3 Å². The monoisotopic (exact) mass is 390 g/mol. The van der Waals surface area contributed by atoms with Crippen LogP contribution in [0.1, 0.15) is 21.5 Å². The molecule has 0 saturated heterocycles. The van der Waals surface area contributed by atoms with Gasteiger partial charge in [-0.3, -0.25) is 19.7 Å². The number of halogens is 1. The van der Waals surface area contributed by atoms with Crippen molar-refractivity contribution < 1.29 is 18.9 Å². The molecule has 3 aromatic carbocycles. The first-order chi connectivity index (χ1) is 13.9. The number of anilines is 1. The normalized spacial score (nSPS) is 10.7. The van der Waals surface area contributed by atoms with Crippen LogP contribution in [-0.4, -0.2) is 16.6 Å². The molecule has 6 nitrogen and oxygen atoms in total. The summed E-state index contributed by atoms with van der Waals surface area (Å²) in [6.07, 6.45) is 2.81. The van der Waals surface area contributed by atoms with Crippen molar-refractivity contribution in [3.8, 4) is 0 Å². The zero-order chi connectivity index (χ0) is 20.8. The van der Waals surface area contributed by atoms with E-state index in [0.717, 1.165) is 0 Å². The fourth-order valence-corrected chi connectivity index (χ4v) is 2.57. The number of hydrogen-bond acceptors (Lipinski definition) is 4. The van der Waals surface area contributed by atoms with Crippen LogP contribution in [0.5, 0.6) is 0 Å². The van der Waals surface area contributed by atoms with E-state index in [1.807, 2.05) is 0 Å². The molecule has 0 atom stereocenters. The van der Waals surface area contributed by atoms with Crippen molar-refractivity contribution in [3.63, 3.8) is 0 Å². The molecule has 0 unspecified atom stereocenters. The molecule has 3 rings (SSSR count). The van der Waals surface area contributed by atoms with E-state index in [-0.39, 0.29) is 11.5 Å². The Labute approximate surface area is 165 Å². The van der Waals surface area contributed by atoms with Crippen molar-refractivity contribution in [2.45, 2.75) is 0 Å². The van der Waals surface area contributed by atoms with Crippen LogP contribution in [-0.2, 0) is 4.79 Å². The van der Waals surface area contributed by atoms with E-state index in [1.54, 1.807) is 18.2 Å². The quantitative estimate of drug-likeness (QED) is 0.288. The number of benzene rings is 3. The minimum atomic E-state index is -0.500. The third-order valence-corrected chi connectivity index (χ3v) is 4.03. The highest BCUT2D eigenvalue weighted by Gasteiger charge is 2.10. The number of ketones is 1. The molecule has 0 aliphatic rings. The summed E-state index contributed by atoms with van der Waals surface area (Å²) in [5.41, 5.74) is 1.72. The van der Waals surface area contributed by atoms with Gasteiger partial charge in [0.2, 0.25) is 5.91 Å². The molecule has 3 aromatic rings. The molecule has 0 saturated carbocycles. The van der Waals surface area contributed by atoms with Crippen molar-refractivity contribution >= 4 is 29.1 Å². The maximum absolute atomic E-state index is 13.0. The van der Waals surface area contributed by atoms with E-state index in [9.17, 15) is 24.1 Å². The fraction of sp³-hybridized carbons (Fsp3) is 0. The number of nitrogens with one attached hydrogen (secondary N) is 1. The largest absolute Gasteiger partial charge is 0.322 e. The Balaban J connectivity index is 1.67. The molecule has 0 aliphatic heterocycles.